The fourth-order valence-electron chi connectivity index (χ4n) is 0.818. The Bertz CT molecular complexity index is 343. The van der Waals surface area contributed by atoms with Crippen LogP contribution in [0.1, 0.15) is 6.92 Å². The maximum atomic E-state index is 11.1. The van der Waals surface area contributed by atoms with Gasteiger partial charge in [-0.3, -0.25) is 5.32 Å². The Morgan fingerprint density at radius 3 is 2.93 bits per heavy atom. The van der Waals surface area contributed by atoms with Crippen LogP contribution in [-0.4, -0.2) is 22.7 Å². The second-order valence-corrected chi connectivity index (χ2v) is 3.24. The fourth-order valence-corrected chi connectivity index (χ4v) is 1.14. The first kappa shape index (κ1) is 10.8. The highest BCUT2D eigenvalue weighted by Crippen LogP contribution is 2.22. The monoisotopic (exact) mass is 259 g/mol. The largest absolute Gasteiger partial charge is 0.505 e. The summed E-state index contributed by atoms with van der Waals surface area (Å²) in [7, 11) is 0. The zero-order valence-corrected chi connectivity index (χ0v) is 9.13. The standard InChI is InChI=1S/C8H10BrN3O2/c1-2-10-8(14)12-6-4-3-5(13)7(9)11-6/h3-4,13H,2H2,1H3,(H2,10,11,12,14). The molecule has 1 aromatic rings. The van der Waals surface area contributed by atoms with Crippen molar-refractivity contribution in [3.05, 3.63) is 16.7 Å². The molecule has 0 saturated carbocycles. The first-order chi connectivity index (χ1) is 6.63. The van der Waals surface area contributed by atoms with Gasteiger partial charge in [0, 0.05) is 6.54 Å². The highest BCUT2D eigenvalue weighted by atomic mass is 79.9. The molecule has 0 aromatic carbocycles. The van der Waals surface area contributed by atoms with Crippen LogP contribution in [0, 0.1) is 0 Å². The smallest absolute Gasteiger partial charge is 0.320 e. The molecule has 0 saturated heterocycles. The molecular formula is C8H10BrN3O2. The molecule has 1 rings (SSSR count). The molecule has 76 valence electrons. The molecule has 1 heterocycles. The molecule has 0 fully saturated rings. The molecule has 14 heavy (non-hydrogen) atoms. The van der Waals surface area contributed by atoms with E-state index in [1.807, 2.05) is 6.92 Å². The Labute approximate surface area is 89.7 Å². The molecule has 1 aromatic heterocycles. The van der Waals surface area contributed by atoms with Crippen LogP contribution in [-0.2, 0) is 0 Å². The van der Waals surface area contributed by atoms with Crippen LogP contribution in [0.2, 0.25) is 0 Å². The van der Waals surface area contributed by atoms with E-state index >= 15 is 0 Å². The van der Waals surface area contributed by atoms with E-state index in [4.69, 9.17) is 5.11 Å². The second kappa shape index (κ2) is 4.80. The Morgan fingerprint density at radius 2 is 2.36 bits per heavy atom. The molecule has 0 aliphatic carbocycles. The molecule has 2 amide bonds. The summed E-state index contributed by atoms with van der Waals surface area (Å²) in [6.45, 7) is 2.37. The Hall–Kier alpha value is -1.30. The molecular weight excluding hydrogens is 250 g/mol. The summed E-state index contributed by atoms with van der Waals surface area (Å²) < 4.78 is 0.298. The lowest BCUT2D eigenvalue weighted by molar-refractivity contribution is 0.252. The van der Waals surface area contributed by atoms with Crippen molar-refractivity contribution in [2.24, 2.45) is 0 Å². The van der Waals surface area contributed by atoms with E-state index in [0.717, 1.165) is 0 Å². The minimum absolute atomic E-state index is 0.0337. The van der Waals surface area contributed by atoms with Crippen molar-refractivity contribution < 1.29 is 9.90 Å². The number of rotatable bonds is 2. The van der Waals surface area contributed by atoms with E-state index in [1.54, 1.807) is 0 Å². The lowest BCUT2D eigenvalue weighted by Crippen LogP contribution is -2.28. The van der Waals surface area contributed by atoms with E-state index in [-0.39, 0.29) is 11.8 Å². The van der Waals surface area contributed by atoms with Crippen LogP contribution < -0.4 is 10.6 Å². The van der Waals surface area contributed by atoms with Crippen molar-refractivity contribution >= 4 is 27.8 Å². The van der Waals surface area contributed by atoms with Crippen LogP contribution in [0.25, 0.3) is 0 Å². The zero-order chi connectivity index (χ0) is 10.6. The second-order valence-electron chi connectivity index (χ2n) is 2.49. The van der Waals surface area contributed by atoms with Gasteiger partial charge in [-0.15, -0.1) is 0 Å². The zero-order valence-electron chi connectivity index (χ0n) is 7.54. The Balaban J connectivity index is 2.68. The van der Waals surface area contributed by atoms with Crippen LogP contribution in [0.3, 0.4) is 0 Å². The average Bonchev–Trinajstić information content (AvgIpc) is 2.12. The van der Waals surface area contributed by atoms with Crippen molar-refractivity contribution in [1.29, 1.82) is 0 Å². The van der Waals surface area contributed by atoms with Gasteiger partial charge in [0.15, 0.2) is 0 Å². The van der Waals surface area contributed by atoms with Gasteiger partial charge < -0.3 is 10.4 Å². The number of aromatic nitrogens is 1. The van der Waals surface area contributed by atoms with Crippen LogP contribution in [0.15, 0.2) is 16.7 Å². The number of carbonyl (C=O) groups excluding carboxylic acids is 1. The number of anilines is 1. The predicted octanol–water partition coefficient (Wildman–Crippen LogP) is 1.69. The number of nitrogens with zero attached hydrogens (tertiary/aromatic N) is 1. The van der Waals surface area contributed by atoms with Gasteiger partial charge in [-0.2, -0.15) is 0 Å². The molecule has 5 nitrogen and oxygen atoms in total. The lowest BCUT2D eigenvalue weighted by atomic mass is 10.4. The molecule has 0 aliphatic rings. The number of hydrogen-bond donors (Lipinski definition) is 3. The highest BCUT2D eigenvalue weighted by Gasteiger charge is 2.03. The van der Waals surface area contributed by atoms with Gasteiger partial charge in [0.05, 0.1) is 0 Å². The number of hydrogen-bond acceptors (Lipinski definition) is 3. The molecule has 0 radical (unpaired) electrons. The number of amides is 2. The maximum absolute atomic E-state index is 11.1. The Morgan fingerprint density at radius 1 is 1.64 bits per heavy atom. The topological polar surface area (TPSA) is 74.2 Å². The lowest BCUT2D eigenvalue weighted by Gasteiger charge is -2.05. The maximum Gasteiger partial charge on any atom is 0.320 e. The van der Waals surface area contributed by atoms with Gasteiger partial charge in [0.2, 0.25) is 0 Å². The summed E-state index contributed by atoms with van der Waals surface area (Å²) in [5.41, 5.74) is 0. The average molecular weight is 260 g/mol. The van der Waals surface area contributed by atoms with E-state index in [0.29, 0.717) is 17.0 Å². The summed E-state index contributed by atoms with van der Waals surface area (Å²) in [4.78, 5) is 15.0. The van der Waals surface area contributed by atoms with Crippen molar-refractivity contribution in [2.45, 2.75) is 6.92 Å². The van der Waals surface area contributed by atoms with Gasteiger partial charge in [-0.1, -0.05) is 0 Å². The van der Waals surface area contributed by atoms with Crippen LogP contribution in [0.4, 0.5) is 10.6 Å². The number of pyridine rings is 1. The minimum atomic E-state index is -0.322. The number of carbonyl (C=O) groups is 1. The van der Waals surface area contributed by atoms with E-state index in [2.05, 4.69) is 31.5 Å². The first-order valence-corrected chi connectivity index (χ1v) is 4.83. The summed E-state index contributed by atoms with van der Waals surface area (Å²) in [5, 5.41) is 14.2. The quantitative estimate of drug-likeness (QED) is 0.708. The van der Waals surface area contributed by atoms with Crippen molar-refractivity contribution in [2.75, 3.05) is 11.9 Å². The molecule has 3 N–H and O–H groups in total. The third-order valence-corrected chi connectivity index (χ3v) is 1.99. The highest BCUT2D eigenvalue weighted by molar-refractivity contribution is 9.10. The normalized spacial score (nSPS) is 9.57. The summed E-state index contributed by atoms with van der Waals surface area (Å²) >= 11 is 3.04. The Kier molecular flexibility index (Phi) is 3.70. The fraction of sp³-hybridized carbons (Fsp3) is 0.250. The third kappa shape index (κ3) is 2.88. The molecule has 0 spiro atoms. The van der Waals surface area contributed by atoms with Gasteiger partial charge in [-0.25, -0.2) is 9.78 Å². The predicted molar refractivity (Wildman–Crippen MR) is 56.3 cm³/mol. The molecule has 0 bridgehead atoms. The van der Waals surface area contributed by atoms with Gasteiger partial charge in [-0.05, 0) is 35.0 Å². The SMILES string of the molecule is CCNC(=O)Nc1ccc(O)c(Br)n1. The first-order valence-electron chi connectivity index (χ1n) is 4.04. The third-order valence-electron chi connectivity index (χ3n) is 1.41. The van der Waals surface area contributed by atoms with Gasteiger partial charge in [0.25, 0.3) is 0 Å². The van der Waals surface area contributed by atoms with E-state index in [1.165, 1.54) is 12.1 Å². The molecule has 0 unspecified atom stereocenters. The van der Waals surface area contributed by atoms with Crippen molar-refractivity contribution in [3.63, 3.8) is 0 Å². The summed E-state index contributed by atoms with van der Waals surface area (Å²) in [6.07, 6.45) is 0. The van der Waals surface area contributed by atoms with E-state index < -0.39 is 0 Å². The van der Waals surface area contributed by atoms with Gasteiger partial charge >= 0.3 is 6.03 Å². The molecule has 0 aliphatic heterocycles. The summed E-state index contributed by atoms with van der Waals surface area (Å²) in [5.74, 6) is 0.409. The molecule has 0 atom stereocenters. The van der Waals surface area contributed by atoms with Crippen LogP contribution in [0.5, 0.6) is 5.75 Å². The van der Waals surface area contributed by atoms with Crippen molar-refractivity contribution in [1.82, 2.24) is 10.3 Å². The van der Waals surface area contributed by atoms with E-state index in [9.17, 15) is 4.79 Å². The van der Waals surface area contributed by atoms with Crippen molar-refractivity contribution in [3.8, 4) is 5.75 Å². The molecule has 6 heteroatoms. The number of nitrogens with one attached hydrogen (secondary N) is 2. The number of halogens is 1. The minimum Gasteiger partial charge on any atom is -0.505 e. The van der Waals surface area contributed by atoms with Crippen LogP contribution >= 0.6 is 15.9 Å². The van der Waals surface area contributed by atoms with Gasteiger partial charge in [0.1, 0.15) is 16.2 Å². The summed E-state index contributed by atoms with van der Waals surface area (Å²) in [6, 6.07) is 2.63. The number of urea groups is 1. The number of aromatic hydroxyl groups is 1.